The molecule has 0 bridgehead atoms. The summed E-state index contributed by atoms with van der Waals surface area (Å²) in [7, 11) is 2.84. The second-order valence-electron chi connectivity index (χ2n) is 3.38. The standard InChI is InChI=1S/C13H12FNO2/c1-16-11-7-6-9(13(17-2)12(11)14)10-5-3-4-8-15-10/h3-8H,1-2H3. The van der Waals surface area contributed by atoms with E-state index in [4.69, 9.17) is 9.47 Å². The maximum atomic E-state index is 13.9. The van der Waals surface area contributed by atoms with Crippen molar-refractivity contribution in [2.45, 2.75) is 0 Å². The zero-order chi connectivity index (χ0) is 12.3. The SMILES string of the molecule is COc1ccc(-c2ccccn2)c(OC)c1F. The van der Waals surface area contributed by atoms with Crippen molar-refractivity contribution in [3.63, 3.8) is 0 Å². The van der Waals surface area contributed by atoms with Crippen molar-refractivity contribution in [2.24, 2.45) is 0 Å². The Balaban J connectivity index is 2.59. The molecule has 0 aliphatic rings. The van der Waals surface area contributed by atoms with Crippen molar-refractivity contribution >= 4 is 0 Å². The second-order valence-corrected chi connectivity index (χ2v) is 3.38. The van der Waals surface area contributed by atoms with Crippen LogP contribution in [0.3, 0.4) is 0 Å². The molecule has 1 heterocycles. The number of rotatable bonds is 3. The smallest absolute Gasteiger partial charge is 0.207 e. The van der Waals surface area contributed by atoms with Crippen LogP contribution in [0.1, 0.15) is 0 Å². The summed E-state index contributed by atoms with van der Waals surface area (Å²) in [6.45, 7) is 0. The molecule has 0 radical (unpaired) electrons. The normalized spacial score (nSPS) is 10.1. The fourth-order valence-corrected chi connectivity index (χ4v) is 1.62. The summed E-state index contributed by atoms with van der Waals surface area (Å²) in [5.74, 6) is -0.220. The number of aromatic nitrogens is 1. The molecular weight excluding hydrogens is 221 g/mol. The Hall–Kier alpha value is -2.10. The maximum Gasteiger partial charge on any atom is 0.207 e. The number of methoxy groups -OCH3 is 2. The van der Waals surface area contributed by atoms with E-state index in [1.807, 2.05) is 6.07 Å². The minimum atomic E-state index is -0.516. The van der Waals surface area contributed by atoms with E-state index in [2.05, 4.69) is 4.98 Å². The molecule has 2 aromatic rings. The molecular formula is C13H12FNO2. The van der Waals surface area contributed by atoms with E-state index in [1.165, 1.54) is 14.2 Å². The zero-order valence-electron chi connectivity index (χ0n) is 9.61. The van der Waals surface area contributed by atoms with Crippen LogP contribution in [0.5, 0.6) is 11.5 Å². The molecule has 0 aliphatic heterocycles. The van der Waals surface area contributed by atoms with Crippen LogP contribution >= 0.6 is 0 Å². The lowest BCUT2D eigenvalue weighted by molar-refractivity contribution is 0.351. The number of pyridine rings is 1. The van der Waals surface area contributed by atoms with Gasteiger partial charge in [-0.2, -0.15) is 4.39 Å². The van der Waals surface area contributed by atoms with Gasteiger partial charge >= 0.3 is 0 Å². The monoisotopic (exact) mass is 233 g/mol. The van der Waals surface area contributed by atoms with Crippen molar-refractivity contribution < 1.29 is 13.9 Å². The molecule has 0 saturated carbocycles. The number of hydrogen-bond acceptors (Lipinski definition) is 3. The van der Waals surface area contributed by atoms with Gasteiger partial charge in [0.1, 0.15) is 0 Å². The highest BCUT2D eigenvalue weighted by atomic mass is 19.1. The first-order valence-electron chi connectivity index (χ1n) is 5.09. The molecule has 88 valence electrons. The van der Waals surface area contributed by atoms with Crippen LogP contribution in [0.4, 0.5) is 4.39 Å². The first-order chi connectivity index (χ1) is 8.27. The Kier molecular flexibility index (Phi) is 3.23. The van der Waals surface area contributed by atoms with Gasteiger partial charge in [0.2, 0.25) is 5.82 Å². The Labute approximate surface area is 98.8 Å². The van der Waals surface area contributed by atoms with E-state index in [0.717, 1.165) is 0 Å². The Morgan fingerprint density at radius 2 is 1.88 bits per heavy atom. The summed E-state index contributed by atoms with van der Waals surface area (Å²) in [6.07, 6.45) is 1.65. The van der Waals surface area contributed by atoms with Gasteiger partial charge in [-0.3, -0.25) is 4.98 Å². The van der Waals surface area contributed by atoms with Crippen LogP contribution < -0.4 is 9.47 Å². The molecule has 0 atom stereocenters. The third-order valence-corrected chi connectivity index (χ3v) is 2.43. The molecule has 3 nitrogen and oxygen atoms in total. The van der Waals surface area contributed by atoms with Crippen LogP contribution in [0, 0.1) is 5.82 Å². The molecule has 1 aromatic heterocycles. The van der Waals surface area contributed by atoms with Crippen molar-refractivity contribution in [2.75, 3.05) is 14.2 Å². The number of nitrogens with zero attached hydrogens (tertiary/aromatic N) is 1. The van der Waals surface area contributed by atoms with E-state index < -0.39 is 5.82 Å². The van der Waals surface area contributed by atoms with Gasteiger partial charge in [0.15, 0.2) is 11.5 Å². The van der Waals surface area contributed by atoms with Crippen LogP contribution in [0.15, 0.2) is 36.5 Å². The molecule has 0 aliphatic carbocycles. The van der Waals surface area contributed by atoms with Gasteiger partial charge < -0.3 is 9.47 Å². The minimum absolute atomic E-state index is 0.142. The number of ether oxygens (including phenoxy) is 2. The highest BCUT2D eigenvalue weighted by Gasteiger charge is 2.16. The van der Waals surface area contributed by atoms with Crippen molar-refractivity contribution in [1.82, 2.24) is 4.98 Å². The molecule has 0 N–H and O–H groups in total. The third kappa shape index (κ3) is 2.06. The predicted molar refractivity (Wildman–Crippen MR) is 62.7 cm³/mol. The predicted octanol–water partition coefficient (Wildman–Crippen LogP) is 2.90. The van der Waals surface area contributed by atoms with Gasteiger partial charge in [-0.05, 0) is 24.3 Å². The third-order valence-electron chi connectivity index (χ3n) is 2.43. The number of benzene rings is 1. The van der Waals surface area contributed by atoms with Gasteiger partial charge in [0.05, 0.1) is 19.9 Å². The van der Waals surface area contributed by atoms with Crippen molar-refractivity contribution in [3.05, 3.63) is 42.3 Å². The summed E-state index contributed by atoms with van der Waals surface area (Å²) < 4.78 is 23.9. The van der Waals surface area contributed by atoms with Gasteiger partial charge in [-0.15, -0.1) is 0 Å². The van der Waals surface area contributed by atoms with Crippen LogP contribution in [-0.2, 0) is 0 Å². The molecule has 0 unspecified atom stereocenters. The first-order valence-corrected chi connectivity index (χ1v) is 5.09. The molecule has 0 fully saturated rings. The molecule has 0 amide bonds. The lowest BCUT2D eigenvalue weighted by Crippen LogP contribution is -1.96. The lowest BCUT2D eigenvalue weighted by Gasteiger charge is -2.11. The molecule has 4 heteroatoms. The fraction of sp³-hybridized carbons (Fsp3) is 0.154. The molecule has 17 heavy (non-hydrogen) atoms. The highest BCUT2D eigenvalue weighted by molar-refractivity contribution is 5.68. The van der Waals surface area contributed by atoms with Gasteiger partial charge in [0.25, 0.3) is 0 Å². The Bertz CT molecular complexity index is 514. The van der Waals surface area contributed by atoms with Crippen molar-refractivity contribution in [1.29, 1.82) is 0 Å². The van der Waals surface area contributed by atoms with Gasteiger partial charge in [-0.25, -0.2) is 0 Å². The summed E-state index contributed by atoms with van der Waals surface area (Å²) in [5.41, 5.74) is 1.26. The molecule has 0 saturated heterocycles. The first kappa shape index (κ1) is 11.4. The largest absolute Gasteiger partial charge is 0.494 e. The zero-order valence-corrected chi connectivity index (χ0v) is 9.61. The number of halogens is 1. The summed E-state index contributed by atoms with van der Waals surface area (Å²) in [6, 6.07) is 8.72. The van der Waals surface area contributed by atoms with E-state index in [1.54, 1.807) is 30.5 Å². The van der Waals surface area contributed by atoms with Crippen LogP contribution in [0.2, 0.25) is 0 Å². The number of hydrogen-bond donors (Lipinski definition) is 0. The highest BCUT2D eigenvalue weighted by Crippen LogP contribution is 2.35. The average molecular weight is 233 g/mol. The lowest BCUT2D eigenvalue weighted by atomic mass is 10.1. The minimum Gasteiger partial charge on any atom is -0.494 e. The average Bonchev–Trinajstić information content (AvgIpc) is 2.39. The maximum absolute atomic E-state index is 13.9. The quantitative estimate of drug-likeness (QED) is 0.816. The van der Waals surface area contributed by atoms with Gasteiger partial charge in [-0.1, -0.05) is 6.07 Å². The van der Waals surface area contributed by atoms with E-state index in [9.17, 15) is 4.39 Å². The van der Waals surface area contributed by atoms with Crippen LogP contribution in [0.25, 0.3) is 11.3 Å². The molecule has 1 aromatic carbocycles. The van der Waals surface area contributed by atoms with E-state index in [0.29, 0.717) is 11.3 Å². The molecule has 0 spiro atoms. The Morgan fingerprint density at radius 1 is 1.06 bits per heavy atom. The second kappa shape index (κ2) is 4.82. The fourth-order valence-electron chi connectivity index (χ4n) is 1.62. The summed E-state index contributed by atoms with van der Waals surface area (Å²) in [5, 5.41) is 0. The van der Waals surface area contributed by atoms with E-state index >= 15 is 0 Å². The van der Waals surface area contributed by atoms with Crippen LogP contribution in [-0.4, -0.2) is 19.2 Å². The summed E-state index contributed by atoms with van der Waals surface area (Å²) >= 11 is 0. The Morgan fingerprint density at radius 3 is 2.47 bits per heavy atom. The molecule has 2 rings (SSSR count). The summed E-state index contributed by atoms with van der Waals surface area (Å²) in [4.78, 5) is 4.17. The topological polar surface area (TPSA) is 31.4 Å². The van der Waals surface area contributed by atoms with Crippen molar-refractivity contribution in [3.8, 4) is 22.8 Å². The van der Waals surface area contributed by atoms with Gasteiger partial charge in [0, 0.05) is 11.8 Å². The van der Waals surface area contributed by atoms with E-state index in [-0.39, 0.29) is 11.5 Å².